The Bertz CT molecular complexity index is 900. The van der Waals surface area contributed by atoms with Crippen molar-refractivity contribution in [3.63, 3.8) is 0 Å². The van der Waals surface area contributed by atoms with Crippen LogP contribution >= 0.6 is 0 Å². The van der Waals surface area contributed by atoms with E-state index >= 15 is 0 Å². The monoisotopic (exact) mass is 355 g/mol. The van der Waals surface area contributed by atoms with Crippen LogP contribution in [0.5, 0.6) is 0 Å². The number of aromatic nitrogens is 2. The SMILES string of the molecule is CCc1cc(=O)[nH]c(-c2cccc(NC(=O)CC3(C(=O)O)CCC3)c2)n1. The van der Waals surface area contributed by atoms with Gasteiger partial charge < -0.3 is 15.4 Å². The smallest absolute Gasteiger partial charge is 0.310 e. The summed E-state index contributed by atoms with van der Waals surface area (Å²) in [5, 5.41) is 12.1. The number of aliphatic carboxylic acids is 1. The van der Waals surface area contributed by atoms with E-state index in [1.165, 1.54) is 6.07 Å². The summed E-state index contributed by atoms with van der Waals surface area (Å²) in [7, 11) is 0. The van der Waals surface area contributed by atoms with Crippen LogP contribution in [0.4, 0.5) is 5.69 Å². The number of amides is 1. The molecule has 7 heteroatoms. The van der Waals surface area contributed by atoms with Crippen LogP contribution in [0.3, 0.4) is 0 Å². The second-order valence-corrected chi connectivity index (χ2v) is 6.68. The molecule has 1 aromatic carbocycles. The molecule has 1 heterocycles. The van der Waals surface area contributed by atoms with Gasteiger partial charge in [0.15, 0.2) is 0 Å². The summed E-state index contributed by atoms with van der Waals surface area (Å²) in [6, 6.07) is 8.43. The molecule has 0 bridgehead atoms. The van der Waals surface area contributed by atoms with E-state index in [0.29, 0.717) is 42.0 Å². The van der Waals surface area contributed by atoms with Crippen molar-refractivity contribution < 1.29 is 14.7 Å². The number of nitrogens with zero attached hydrogens (tertiary/aromatic N) is 1. The zero-order chi connectivity index (χ0) is 18.7. The van der Waals surface area contributed by atoms with E-state index in [9.17, 15) is 19.5 Å². The minimum Gasteiger partial charge on any atom is -0.481 e. The molecule has 0 atom stereocenters. The fraction of sp³-hybridized carbons (Fsp3) is 0.368. The highest BCUT2D eigenvalue weighted by Gasteiger charge is 2.45. The van der Waals surface area contributed by atoms with Crippen molar-refractivity contribution in [2.24, 2.45) is 5.41 Å². The molecule has 0 aliphatic heterocycles. The number of aryl methyl sites for hydroxylation is 1. The number of nitrogens with one attached hydrogen (secondary N) is 2. The number of H-pyrrole nitrogens is 1. The Hall–Kier alpha value is -2.96. The van der Waals surface area contributed by atoms with Gasteiger partial charge in [0.25, 0.3) is 5.56 Å². The first kappa shape index (κ1) is 17.8. The quantitative estimate of drug-likeness (QED) is 0.737. The molecule has 3 N–H and O–H groups in total. The number of anilines is 1. The van der Waals surface area contributed by atoms with E-state index < -0.39 is 11.4 Å². The van der Waals surface area contributed by atoms with E-state index in [0.717, 1.165) is 6.42 Å². The van der Waals surface area contributed by atoms with Gasteiger partial charge in [-0.25, -0.2) is 4.98 Å². The van der Waals surface area contributed by atoms with Crippen molar-refractivity contribution in [3.05, 3.63) is 46.4 Å². The van der Waals surface area contributed by atoms with Gasteiger partial charge in [0.2, 0.25) is 5.91 Å². The second kappa shape index (κ2) is 7.11. The third-order valence-corrected chi connectivity index (χ3v) is 4.84. The fourth-order valence-electron chi connectivity index (χ4n) is 3.15. The predicted octanol–water partition coefficient (Wildman–Crippen LogP) is 2.58. The van der Waals surface area contributed by atoms with E-state index in [4.69, 9.17) is 0 Å². The minimum atomic E-state index is -0.927. The lowest BCUT2D eigenvalue weighted by Gasteiger charge is -2.36. The number of carbonyl (C=O) groups is 2. The molecular formula is C19H21N3O4. The molecule has 136 valence electrons. The van der Waals surface area contributed by atoms with Gasteiger partial charge in [0.1, 0.15) is 5.82 Å². The summed E-state index contributed by atoms with van der Waals surface area (Å²) in [5.41, 5.74) is 0.745. The van der Waals surface area contributed by atoms with Crippen LogP contribution in [0, 0.1) is 5.41 Å². The van der Waals surface area contributed by atoms with Crippen LogP contribution in [-0.4, -0.2) is 27.0 Å². The standard InChI is InChI=1S/C19H21N3O4/c1-2-13-10-15(23)22-17(21-13)12-5-3-6-14(9-12)20-16(24)11-19(18(25)26)7-4-8-19/h3,5-6,9-10H,2,4,7-8,11H2,1H3,(H,20,24)(H,25,26)(H,21,22,23). The average molecular weight is 355 g/mol. The average Bonchev–Trinajstić information content (AvgIpc) is 2.57. The number of hydrogen-bond donors (Lipinski definition) is 3. The molecule has 1 saturated carbocycles. The van der Waals surface area contributed by atoms with Gasteiger partial charge in [0.05, 0.1) is 5.41 Å². The van der Waals surface area contributed by atoms with E-state index in [-0.39, 0.29) is 17.9 Å². The normalized spacial score (nSPS) is 15.1. The Morgan fingerprint density at radius 3 is 2.69 bits per heavy atom. The molecule has 1 aromatic heterocycles. The van der Waals surface area contributed by atoms with E-state index in [1.54, 1.807) is 24.3 Å². The zero-order valence-electron chi connectivity index (χ0n) is 14.5. The van der Waals surface area contributed by atoms with Crippen molar-refractivity contribution in [3.8, 4) is 11.4 Å². The lowest BCUT2D eigenvalue weighted by Crippen LogP contribution is -2.41. The lowest BCUT2D eigenvalue weighted by molar-refractivity contribution is -0.157. The number of carboxylic acid groups (broad SMARTS) is 1. The van der Waals surface area contributed by atoms with Gasteiger partial charge >= 0.3 is 5.97 Å². The maximum Gasteiger partial charge on any atom is 0.310 e. The van der Waals surface area contributed by atoms with Crippen LogP contribution in [-0.2, 0) is 16.0 Å². The van der Waals surface area contributed by atoms with Gasteiger partial charge in [0, 0.05) is 29.4 Å². The van der Waals surface area contributed by atoms with Gasteiger partial charge in [-0.1, -0.05) is 25.5 Å². The summed E-state index contributed by atoms with van der Waals surface area (Å²) in [5.74, 6) is -0.801. The summed E-state index contributed by atoms with van der Waals surface area (Å²) < 4.78 is 0. The number of aromatic amines is 1. The summed E-state index contributed by atoms with van der Waals surface area (Å²) in [4.78, 5) is 42.5. The summed E-state index contributed by atoms with van der Waals surface area (Å²) in [6.07, 6.45) is 2.51. The van der Waals surface area contributed by atoms with Crippen LogP contribution < -0.4 is 10.9 Å². The molecule has 7 nitrogen and oxygen atoms in total. The van der Waals surface area contributed by atoms with Crippen molar-refractivity contribution in [1.29, 1.82) is 0 Å². The van der Waals surface area contributed by atoms with Gasteiger partial charge in [-0.3, -0.25) is 14.4 Å². The number of carboxylic acids is 1. The van der Waals surface area contributed by atoms with Gasteiger partial charge in [-0.05, 0) is 31.4 Å². The van der Waals surface area contributed by atoms with Gasteiger partial charge in [-0.2, -0.15) is 0 Å². The number of carbonyl (C=O) groups excluding carboxylic acids is 1. The lowest BCUT2D eigenvalue weighted by atomic mass is 9.66. The van der Waals surface area contributed by atoms with E-state index in [2.05, 4.69) is 15.3 Å². The number of benzene rings is 1. The third-order valence-electron chi connectivity index (χ3n) is 4.84. The minimum absolute atomic E-state index is 0.0348. The maximum atomic E-state index is 12.3. The predicted molar refractivity (Wildman–Crippen MR) is 96.8 cm³/mol. The highest BCUT2D eigenvalue weighted by Crippen LogP contribution is 2.44. The molecule has 0 saturated heterocycles. The Labute approximate surface area is 150 Å². The summed E-state index contributed by atoms with van der Waals surface area (Å²) >= 11 is 0. The van der Waals surface area contributed by atoms with Crippen LogP contribution in [0.2, 0.25) is 0 Å². The fourth-order valence-corrected chi connectivity index (χ4v) is 3.15. The zero-order valence-corrected chi connectivity index (χ0v) is 14.5. The molecule has 1 fully saturated rings. The Kier molecular flexibility index (Phi) is 4.88. The number of rotatable bonds is 6. The topological polar surface area (TPSA) is 112 Å². The molecule has 0 radical (unpaired) electrons. The molecule has 3 rings (SSSR count). The van der Waals surface area contributed by atoms with Crippen LogP contribution in [0.25, 0.3) is 11.4 Å². The maximum absolute atomic E-state index is 12.3. The van der Waals surface area contributed by atoms with Crippen molar-refractivity contribution in [2.75, 3.05) is 5.32 Å². The molecule has 1 aliphatic rings. The molecule has 1 aliphatic carbocycles. The van der Waals surface area contributed by atoms with E-state index in [1.807, 2.05) is 6.92 Å². The number of hydrogen-bond acceptors (Lipinski definition) is 4. The van der Waals surface area contributed by atoms with Crippen molar-refractivity contribution in [2.45, 2.75) is 39.0 Å². The second-order valence-electron chi connectivity index (χ2n) is 6.68. The molecule has 0 spiro atoms. The van der Waals surface area contributed by atoms with Crippen molar-refractivity contribution >= 4 is 17.6 Å². The first-order valence-electron chi connectivity index (χ1n) is 8.66. The molecule has 0 unspecified atom stereocenters. The Morgan fingerprint density at radius 2 is 2.08 bits per heavy atom. The Balaban J connectivity index is 1.77. The third kappa shape index (κ3) is 3.66. The Morgan fingerprint density at radius 1 is 1.31 bits per heavy atom. The first-order valence-corrected chi connectivity index (χ1v) is 8.66. The van der Waals surface area contributed by atoms with Crippen LogP contribution in [0.1, 0.15) is 38.3 Å². The van der Waals surface area contributed by atoms with Gasteiger partial charge in [-0.15, -0.1) is 0 Å². The molecule has 26 heavy (non-hydrogen) atoms. The molecular weight excluding hydrogens is 334 g/mol. The van der Waals surface area contributed by atoms with Crippen LogP contribution in [0.15, 0.2) is 35.1 Å². The summed E-state index contributed by atoms with van der Waals surface area (Å²) in [6.45, 7) is 1.92. The van der Waals surface area contributed by atoms with Crippen molar-refractivity contribution in [1.82, 2.24) is 9.97 Å². The highest BCUT2D eigenvalue weighted by atomic mass is 16.4. The molecule has 2 aromatic rings. The first-order chi connectivity index (χ1) is 12.4. The highest BCUT2D eigenvalue weighted by molar-refractivity contribution is 5.95. The molecule has 1 amide bonds. The largest absolute Gasteiger partial charge is 0.481 e.